The molecule has 32 heavy (non-hydrogen) atoms. The zero-order chi connectivity index (χ0) is 22.8. The number of aliphatic hydroxyl groups is 2. The topological polar surface area (TPSA) is 181 Å². The molecule has 6 atom stereocenters. The van der Waals surface area contributed by atoms with Crippen LogP contribution in [0, 0.1) is 0 Å². The molecule has 0 amide bonds. The van der Waals surface area contributed by atoms with Gasteiger partial charge in [-0.05, 0) is 12.1 Å². The molecular formula is C18H24N6O6S2. The second kappa shape index (κ2) is 9.80. The Kier molecular flexibility index (Phi) is 7.07. The van der Waals surface area contributed by atoms with E-state index in [0.29, 0.717) is 12.8 Å². The summed E-state index contributed by atoms with van der Waals surface area (Å²) in [4.78, 5) is 31.7. The maximum Gasteiger partial charge on any atom is 0.351 e. The second-order valence-electron chi connectivity index (χ2n) is 7.45. The predicted octanol–water partition coefficient (Wildman–Crippen LogP) is -0.657. The number of hydrogen-bond donors (Lipinski definition) is 4. The van der Waals surface area contributed by atoms with Crippen molar-refractivity contribution in [2.75, 3.05) is 24.7 Å². The van der Waals surface area contributed by atoms with Crippen molar-refractivity contribution in [2.24, 2.45) is 0 Å². The lowest BCUT2D eigenvalue weighted by atomic mass is 10.2. The molecule has 0 saturated carbocycles. The lowest BCUT2D eigenvalue weighted by molar-refractivity contribution is -0.0238. The third-order valence-electron chi connectivity index (χ3n) is 5.35. The number of anilines is 2. The number of nitrogens with zero attached hydrogens (tertiary/aromatic N) is 4. The fraction of sp³-hybridized carbons (Fsp3) is 0.556. The van der Waals surface area contributed by atoms with Gasteiger partial charge in [0.2, 0.25) is 0 Å². The summed E-state index contributed by atoms with van der Waals surface area (Å²) in [6, 6.07) is 3.04. The Labute approximate surface area is 190 Å². The minimum atomic E-state index is -0.563. The number of aromatic nitrogens is 4. The molecule has 14 heteroatoms. The van der Waals surface area contributed by atoms with E-state index >= 15 is 0 Å². The van der Waals surface area contributed by atoms with Gasteiger partial charge in [-0.3, -0.25) is 9.13 Å². The highest BCUT2D eigenvalue weighted by Gasteiger charge is 2.41. The van der Waals surface area contributed by atoms with E-state index in [2.05, 4.69) is 9.97 Å². The summed E-state index contributed by atoms with van der Waals surface area (Å²) < 4.78 is 14.4. The summed E-state index contributed by atoms with van der Waals surface area (Å²) in [6.07, 6.45) is 1.94. The molecule has 2 unspecified atom stereocenters. The molecule has 2 aromatic heterocycles. The van der Waals surface area contributed by atoms with Crippen LogP contribution >= 0.6 is 21.6 Å². The summed E-state index contributed by atoms with van der Waals surface area (Å²) in [5.74, 6) is 0.261. The molecule has 12 nitrogen and oxygen atoms in total. The highest BCUT2D eigenvalue weighted by molar-refractivity contribution is 8.77. The van der Waals surface area contributed by atoms with E-state index in [4.69, 9.17) is 20.9 Å². The van der Waals surface area contributed by atoms with Crippen LogP contribution in [0.2, 0.25) is 0 Å². The molecule has 2 saturated heterocycles. The van der Waals surface area contributed by atoms with Gasteiger partial charge in [0.25, 0.3) is 0 Å². The molecule has 0 radical (unpaired) electrons. The van der Waals surface area contributed by atoms with Crippen molar-refractivity contribution in [2.45, 2.75) is 48.0 Å². The minimum Gasteiger partial charge on any atom is -0.394 e. The Bertz CT molecular complexity index is 983. The van der Waals surface area contributed by atoms with Gasteiger partial charge in [0.1, 0.15) is 24.1 Å². The summed E-state index contributed by atoms with van der Waals surface area (Å²) >= 11 is 0. The number of nitrogen functional groups attached to an aromatic ring is 2. The van der Waals surface area contributed by atoms with Crippen LogP contribution in [0.3, 0.4) is 0 Å². The van der Waals surface area contributed by atoms with Crippen molar-refractivity contribution in [3.8, 4) is 0 Å². The first-order chi connectivity index (χ1) is 15.4. The SMILES string of the molecule is Nc1ccn([C@H]2CC(SSC3C[C@H](n4ccc(N)nc4=O)O[C@@H]3CO)[C@@H](CO)O2)c(=O)n1. The summed E-state index contributed by atoms with van der Waals surface area (Å²) in [5, 5.41) is 19.3. The van der Waals surface area contributed by atoms with Crippen molar-refractivity contribution in [1.29, 1.82) is 0 Å². The molecule has 2 aliphatic heterocycles. The third-order valence-corrected chi connectivity index (χ3v) is 8.76. The molecule has 0 bridgehead atoms. The van der Waals surface area contributed by atoms with Gasteiger partial charge in [-0.2, -0.15) is 9.97 Å². The van der Waals surface area contributed by atoms with E-state index in [9.17, 15) is 19.8 Å². The zero-order valence-corrected chi connectivity index (χ0v) is 18.5. The third kappa shape index (κ3) is 4.79. The molecule has 174 valence electrons. The van der Waals surface area contributed by atoms with Gasteiger partial charge >= 0.3 is 11.4 Å². The van der Waals surface area contributed by atoms with E-state index in [0.717, 1.165) is 0 Å². The fourth-order valence-electron chi connectivity index (χ4n) is 3.71. The predicted molar refractivity (Wildman–Crippen MR) is 120 cm³/mol. The highest BCUT2D eigenvalue weighted by atomic mass is 33.1. The second-order valence-corrected chi connectivity index (χ2v) is 10.2. The van der Waals surface area contributed by atoms with Crippen molar-refractivity contribution >= 4 is 33.2 Å². The molecule has 6 N–H and O–H groups in total. The van der Waals surface area contributed by atoms with Crippen molar-refractivity contribution in [3.63, 3.8) is 0 Å². The van der Waals surface area contributed by atoms with Crippen LogP contribution in [0.15, 0.2) is 34.1 Å². The first-order valence-electron chi connectivity index (χ1n) is 9.93. The van der Waals surface area contributed by atoms with Crippen LogP contribution in [-0.2, 0) is 9.47 Å². The molecule has 2 aromatic rings. The molecule has 0 spiro atoms. The Morgan fingerprint density at radius 3 is 1.62 bits per heavy atom. The van der Waals surface area contributed by atoms with E-state index in [1.54, 1.807) is 0 Å². The van der Waals surface area contributed by atoms with Crippen molar-refractivity contribution in [1.82, 2.24) is 19.1 Å². The van der Waals surface area contributed by atoms with Gasteiger partial charge in [0.05, 0.1) is 25.4 Å². The van der Waals surface area contributed by atoms with Gasteiger partial charge < -0.3 is 31.2 Å². The number of ether oxygens (including phenoxy) is 2. The van der Waals surface area contributed by atoms with Crippen LogP contribution < -0.4 is 22.8 Å². The van der Waals surface area contributed by atoms with Gasteiger partial charge in [0, 0.05) is 35.7 Å². The largest absolute Gasteiger partial charge is 0.394 e. The number of rotatable bonds is 7. The Balaban J connectivity index is 1.41. The van der Waals surface area contributed by atoms with Crippen LogP contribution in [0.5, 0.6) is 0 Å². The molecule has 4 rings (SSSR count). The Morgan fingerprint density at radius 1 is 0.875 bits per heavy atom. The maximum atomic E-state index is 12.1. The zero-order valence-electron chi connectivity index (χ0n) is 16.9. The number of aliphatic hydroxyl groups excluding tert-OH is 2. The van der Waals surface area contributed by atoms with E-state index in [1.165, 1.54) is 55.2 Å². The van der Waals surface area contributed by atoms with Crippen molar-refractivity contribution in [3.05, 3.63) is 45.5 Å². The van der Waals surface area contributed by atoms with E-state index in [1.807, 2.05) is 0 Å². The van der Waals surface area contributed by atoms with E-state index in [-0.39, 0.29) is 35.3 Å². The number of nitrogens with two attached hydrogens (primary N) is 2. The summed E-state index contributed by atoms with van der Waals surface area (Å²) in [5.41, 5.74) is 10.1. The van der Waals surface area contributed by atoms with Crippen molar-refractivity contribution < 1.29 is 19.7 Å². The first kappa shape index (κ1) is 23.1. The lowest BCUT2D eigenvalue weighted by Gasteiger charge is -2.19. The van der Waals surface area contributed by atoms with Crippen LogP contribution in [0.4, 0.5) is 11.6 Å². The van der Waals surface area contributed by atoms with Crippen LogP contribution in [0.25, 0.3) is 0 Å². The first-order valence-corrected chi connectivity index (χ1v) is 12.2. The standard InChI is InChI=1S/C18H24N6O6S2/c19-13-1-3-23(17(27)21-13)15-5-11(9(7-25)29-15)31-32-12-6-16(30-10(12)8-26)24-4-2-14(20)22-18(24)28/h1-4,9-12,15-16,25-26H,5-8H2,(H2,19,21,27)(H2,20,22,28)/t9-,10-,11?,12?,15-,16-/m1/s1. The van der Waals surface area contributed by atoms with Gasteiger partial charge in [0.15, 0.2) is 0 Å². The average Bonchev–Trinajstić information content (AvgIpc) is 3.35. The Morgan fingerprint density at radius 2 is 1.28 bits per heavy atom. The number of hydrogen-bond acceptors (Lipinski definition) is 12. The van der Waals surface area contributed by atoms with Gasteiger partial charge in [-0.15, -0.1) is 0 Å². The molecule has 4 heterocycles. The molecule has 0 aliphatic carbocycles. The summed E-state index contributed by atoms with van der Waals surface area (Å²) in [7, 11) is 3.00. The lowest BCUT2D eigenvalue weighted by Crippen LogP contribution is -2.28. The van der Waals surface area contributed by atoms with Crippen LogP contribution in [0.1, 0.15) is 25.3 Å². The summed E-state index contributed by atoms with van der Waals surface area (Å²) in [6.45, 7) is -0.406. The molecule has 0 aromatic carbocycles. The molecule has 2 fully saturated rings. The highest BCUT2D eigenvalue weighted by Crippen LogP contribution is 2.47. The Hall–Kier alpha value is -2.10. The normalized spacial score (nSPS) is 30.1. The van der Waals surface area contributed by atoms with E-state index < -0.39 is 36.0 Å². The monoisotopic (exact) mass is 484 g/mol. The average molecular weight is 485 g/mol. The fourth-order valence-corrected chi connectivity index (χ4v) is 7.10. The molecular weight excluding hydrogens is 460 g/mol. The van der Waals surface area contributed by atoms with Crippen LogP contribution in [-0.4, -0.2) is 65.2 Å². The minimum absolute atomic E-state index is 0.112. The smallest absolute Gasteiger partial charge is 0.351 e. The maximum absolute atomic E-state index is 12.1. The van der Waals surface area contributed by atoms with Gasteiger partial charge in [-0.25, -0.2) is 9.59 Å². The molecule has 2 aliphatic rings. The quantitative estimate of drug-likeness (QED) is 0.365. The van der Waals surface area contributed by atoms with Gasteiger partial charge in [-0.1, -0.05) is 21.6 Å².